The second-order valence-electron chi connectivity index (χ2n) is 5.76. The van der Waals surface area contributed by atoms with Crippen LogP contribution in [0, 0.1) is 0 Å². The summed E-state index contributed by atoms with van der Waals surface area (Å²) < 4.78 is 10.9. The number of nitrogens with one attached hydrogen (secondary N) is 1. The standard InChI is InChI=1S/C18H18N2O5S2/c1-3-24-16(22)7-12-9-26-18(19-12)27-10(2)17(23)11-4-5-14-13(6-11)20-15(21)8-25-14/h4-6,9-10H,3,7-8H2,1-2H3,(H,20,21)/t10-/m1/s1. The van der Waals surface area contributed by atoms with Gasteiger partial charge in [0, 0.05) is 10.9 Å². The fourth-order valence-electron chi connectivity index (χ4n) is 2.46. The van der Waals surface area contributed by atoms with Crippen LogP contribution in [-0.4, -0.2) is 41.1 Å². The van der Waals surface area contributed by atoms with E-state index >= 15 is 0 Å². The van der Waals surface area contributed by atoms with E-state index in [-0.39, 0.29) is 35.9 Å². The van der Waals surface area contributed by atoms with Gasteiger partial charge >= 0.3 is 5.97 Å². The molecule has 0 radical (unpaired) electrons. The highest BCUT2D eigenvalue weighted by Gasteiger charge is 2.22. The Morgan fingerprint density at radius 2 is 2.26 bits per heavy atom. The molecule has 27 heavy (non-hydrogen) atoms. The molecule has 1 atom stereocenters. The number of ether oxygens (including phenoxy) is 2. The van der Waals surface area contributed by atoms with Crippen molar-refractivity contribution >= 4 is 46.4 Å². The number of benzene rings is 1. The lowest BCUT2D eigenvalue weighted by Gasteiger charge is -2.18. The first-order valence-corrected chi connectivity index (χ1v) is 10.1. The lowest BCUT2D eigenvalue weighted by atomic mass is 10.1. The van der Waals surface area contributed by atoms with E-state index in [4.69, 9.17) is 9.47 Å². The Morgan fingerprint density at radius 3 is 3.04 bits per heavy atom. The van der Waals surface area contributed by atoms with Crippen LogP contribution in [0.15, 0.2) is 27.9 Å². The van der Waals surface area contributed by atoms with Crippen LogP contribution in [0.4, 0.5) is 5.69 Å². The Morgan fingerprint density at radius 1 is 1.44 bits per heavy atom. The number of aromatic nitrogens is 1. The molecule has 1 amide bonds. The molecule has 2 heterocycles. The minimum atomic E-state index is -0.371. The second-order valence-corrected chi connectivity index (χ2v) is 8.20. The smallest absolute Gasteiger partial charge is 0.311 e. The number of hydrogen-bond acceptors (Lipinski definition) is 8. The van der Waals surface area contributed by atoms with Gasteiger partial charge in [0.1, 0.15) is 5.75 Å². The molecule has 9 heteroatoms. The molecular weight excluding hydrogens is 388 g/mol. The van der Waals surface area contributed by atoms with Gasteiger partial charge in [-0.25, -0.2) is 4.98 Å². The zero-order valence-electron chi connectivity index (χ0n) is 14.8. The molecule has 0 unspecified atom stereocenters. The van der Waals surface area contributed by atoms with Crippen molar-refractivity contribution in [3.05, 3.63) is 34.8 Å². The van der Waals surface area contributed by atoms with Crippen LogP contribution >= 0.6 is 23.1 Å². The second kappa shape index (κ2) is 8.53. The van der Waals surface area contributed by atoms with Crippen LogP contribution in [0.2, 0.25) is 0 Å². The maximum Gasteiger partial charge on any atom is 0.311 e. The molecule has 0 bridgehead atoms. The third kappa shape index (κ3) is 4.86. The average molecular weight is 406 g/mol. The minimum Gasteiger partial charge on any atom is -0.482 e. The van der Waals surface area contributed by atoms with Gasteiger partial charge in [-0.05, 0) is 32.0 Å². The highest BCUT2D eigenvalue weighted by atomic mass is 32.2. The monoisotopic (exact) mass is 406 g/mol. The van der Waals surface area contributed by atoms with Crippen LogP contribution in [0.1, 0.15) is 29.9 Å². The molecule has 2 aromatic rings. The van der Waals surface area contributed by atoms with Gasteiger partial charge in [-0.2, -0.15) is 0 Å². The molecule has 1 N–H and O–H groups in total. The summed E-state index contributed by atoms with van der Waals surface area (Å²) in [6.45, 7) is 3.87. The zero-order valence-corrected chi connectivity index (χ0v) is 16.4. The number of esters is 1. The molecule has 0 saturated carbocycles. The number of thioether (sulfide) groups is 1. The van der Waals surface area contributed by atoms with E-state index in [0.29, 0.717) is 33.6 Å². The molecule has 7 nitrogen and oxygen atoms in total. The van der Waals surface area contributed by atoms with E-state index in [1.54, 1.807) is 37.4 Å². The van der Waals surface area contributed by atoms with E-state index in [1.807, 2.05) is 0 Å². The van der Waals surface area contributed by atoms with Crippen molar-refractivity contribution in [1.29, 1.82) is 0 Å². The van der Waals surface area contributed by atoms with Crippen molar-refractivity contribution in [2.24, 2.45) is 0 Å². The quantitative estimate of drug-likeness (QED) is 0.429. The number of hydrogen-bond donors (Lipinski definition) is 1. The summed E-state index contributed by atoms with van der Waals surface area (Å²) >= 11 is 2.72. The van der Waals surface area contributed by atoms with Crippen LogP contribution in [0.25, 0.3) is 0 Å². The van der Waals surface area contributed by atoms with Crippen LogP contribution < -0.4 is 10.1 Å². The maximum atomic E-state index is 12.7. The van der Waals surface area contributed by atoms with Crippen molar-refractivity contribution in [2.75, 3.05) is 18.5 Å². The lowest BCUT2D eigenvalue weighted by molar-refractivity contribution is -0.142. The van der Waals surface area contributed by atoms with Gasteiger partial charge in [-0.3, -0.25) is 14.4 Å². The van der Waals surface area contributed by atoms with Crippen molar-refractivity contribution in [3.8, 4) is 5.75 Å². The first kappa shape index (κ1) is 19.4. The van der Waals surface area contributed by atoms with Gasteiger partial charge in [0.15, 0.2) is 16.7 Å². The van der Waals surface area contributed by atoms with Crippen LogP contribution in [0.3, 0.4) is 0 Å². The first-order valence-electron chi connectivity index (χ1n) is 8.34. The third-order valence-corrected chi connectivity index (χ3v) is 5.83. The Hall–Kier alpha value is -2.39. The number of rotatable bonds is 7. The molecule has 1 aromatic heterocycles. The molecular formula is C18H18N2O5S2. The normalized spacial score (nSPS) is 13.9. The number of Topliss-reactive ketones (excluding diaryl/α,β-unsaturated/α-hetero) is 1. The summed E-state index contributed by atoms with van der Waals surface area (Å²) in [5.41, 5.74) is 1.62. The van der Waals surface area contributed by atoms with Crippen LogP contribution in [0.5, 0.6) is 5.75 Å². The first-order chi connectivity index (χ1) is 13.0. The molecule has 1 aromatic carbocycles. The fraction of sp³-hybridized carbons (Fsp3) is 0.333. The number of nitrogens with zero attached hydrogens (tertiary/aromatic N) is 1. The van der Waals surface area contributed by atoms with E-state index < -0.39 is 0 Å². The van der Waals surface area contributed by atoms with Crippen molar-refractivity contribution in [2.45, 2.75) is 29.9 Å². The van der Waals surface area contributed by atoms with Crippen LogP contribution in [-0.2, 0) is 20.7 Å². The summed E-state index contributed by atoms with van der Waals surface area (Å²) in [7, 11) is 0. The van der Waals surface area contributed by atoms with E-state index in [9.17, 15) is 14.4 Å². The fourth-order valence-corrected chi connectivity index (χ4v) is 4.52. The topological polar surface area (TPSA) is 94.6 Å². The molecule has 0 spiro atoms. The van der Waals surface area contributed by atoms with E-state index in [1.165, 1.54) is 23.1 Å². The highest BCUT2D eigenvalue weighted by molar-refractivity contribution is 8.02. The maximum absolute atomic E-state index is 12.7. The summed E-state index contributed by atoms with van der Waals surface area (Å²) in [6.07, 6.45) is 0.123. The van der Waals surface area contributed by atoms with Crippen molar-refractivity contribution in [1.82, 2.24) is 4.98 Å². The number of anilines is 1. The Bertz CT molecular complexity index is 880. The average Bonchev–Trinajstić information content (AvgIpc) is 3.07. The predicted molar refractivity (Wildman–Crippen MR) is 103 cm³/mol. The number of ketones is 1. The highest BCUT2D eigenvalue weighted by Crippen LogP contribution is 2.32. The molecule has 1 aliphatic rings. The predicted octanol–water partition coefficient (Wildman–Crippen LogP) is 2.94. The SMILES string of the molecule is CCOC(=O)Cc1csc(S[C@H](C)C(=O)c2ccc3c(c2)NC(=O)CO3)n1. The number of thiazole rings is 1. The van der Waals surface area contributed by atoms with Gasteiger partial charge < -0.3 is 14.8 Å². The number of amides is 1. The number of fused-ring (bicyclic) bond motifs is 1. The Labute approximate surface area is 164 Å². The van der Waals surface area contributed by atoms with E-state index in [0.717, 1.165) is 0 Å². The zero-order chi connectivity index (χ0) is 19.4. The van der Waals surface area contributed by atoms with Gasteiger partial charge in [0.05, 0.1) is 29.7 Å². The molecule has 0 fully saturated rings. The summed E-state index contributed by atoms with van der Waals surface area (Å²) in [5, 5.41) is 4.12. The molecule has 142 valence electrons. The molecule has 3 rings (SSSR count). The van der Waals surface area contributed by atoms with Crippen molar-refractivity contribution < 1.29 is 23.9 Å². The van der Waals surface area contributed by atoms with Gasteiger partial charge in [0.25, 0.3) is 5.91 Å². The number of carbonyl (C=O) groups excluding carboxylic acids is 3. The minimum absolute atomic E-state index is 0.0231. The lowest BCUT2D eigenvalue weighted by Crippen LogP contribution is -2.25. The molecule has 1 aliphatic heterocycles. The Balaban J connectivity index is 1.64. The number of carbonyl (C=O) groups is 3. The molecule has 0 saturated heterocycles. The Kier molecular flexibility index (Phi) is 6.12. The summed E-state index contributed by atoms with van der Waals surface area (Å²) in [4.78, 5) is 40.1. The summed E-state index contributed by atoms with van der Waals surface area (Å²) in [6, 6.07) is 4.99. The van der Waals surface area contributed by atoms with Gasteiger partial charge in [-0.15, -0.1) is 11.3 Å². The van der Waals surface area contributed by atoms with Gasteiger partial charge in [0.2, 0.25) is 0 Å². The van der Waals surface area contributed by atoms with Gasteiger partial charge in [-0.1, -0.05) is 11.8 Å². The van der Waals surface area contributed by atoms with E-state index in [2.05, 4.69) is 10.3 Å². The van der Waals surface area contributed by atoms with Crippen molar-refractivity contribution in [3.63, 3.8) is 0 Å². The largest absolute Gasteiger partial charge is 0.482 e. The third-order valence-electron chi connectivity index (χ3n) is 3.71. The summed E-state index contributed by atoms with van der Waals surface area (Å²) in [5.74, 6) is -0.0898. The molecule has 0 aliphatic carbocycles.